The van der Waals surface area contributed by atoms with Crippen molar-refractivity contribution in [1.82, 2.24) is 0 Å². The van der Waals surface area contributed by atoms with Crippen molar-refractivity contribution < 1.29 is 8.83 Å². The maximum atomic E-state index is 6.91. The number of anilines is 6. The van der Waals surface area contributed by atoms with E-state index in [0.29, 0.717) is 0 Å². The Hall–Kier alpha value is -7.56. The van der Waals surface area contributed by atoms with Crippen LogP contribution in [0.3, 0.4) is 0 Å². The Morgan fingerprint density at radius 3 is 1.08 bits per heavy atom. The predicted octanol–water partition coefficient (Wildman–Crippen LogP) is 18.2. The number of hydrogen-bond acceptors (Lipinski definition) is 4. The zero-order chi connectivity index (χ0) is 43.4. The Bertz CT molecular complexity index is 3510. The molecule has 0 unspecified atom stereocenters. The van der Waals surface area contributed by atoms with E-state index in [1.54, 1.807) is 0 Å². The first-order chi connectivity index (χ1) is 31.3. The van der Waals surface area contributed by atoms with Crippen molar-refractivity contribution in [2.75, 3.05) is 9.80 Å². The molecule has 4 nitrogen and oxygen atoms in total. The SMILES string of the molecule is Cc1cccc2c1oc1c(N(c3ccccc3)c3cc(C(C)C)c4ccc5c(N(c6ccccc6)c6cccc7c6oc6c(C)cccc67)cc(C(C)C)c6ccc3c4c65)cccc12. The first kappa shape index (κ1) is 38.1. The summed E-state index contributed by atoms with van der Waals surface area (Å²) in [5, 5.41) is 12.0. The van der Waals surface area contributed by atoms with Crippen molar-refractivity contribution in [3.63, 3.8) is 0 Å². The number of para-hydroxylation sites is 6. The summed E-state index contributed by atoms with van der Waals surface area (Å²) >= 11 is 0. The number of furan rings is 2. The second kappa shape index (κ2) is 14.5. The van der Waals surface area contributed by atoms with Crippen molar-refractivity contribution >= 4 is 110 Å². The third kappa shape index (κ3) is 5.61. The smallest absolute Gasteiger partial charge is 0.159 e. The Balaban J connectivity index is 1.21. The minimum Gasteiger partial charge on any atom is -0.454 e. The molecule has 0 N–H and O–H groups in total. The average Bonchev–Trinajstić information content (AvgIpc) is 3.91. The molecule has 0 aliphatic heterocycles. The Morgan fingerprint density at radius 2 is 0.688 bits per heavy atom. The normalized spacial score (nSPS) is 12.2. The molecule has 0 saturated carbocycles. The van der Waals surface area contributed by atoms with Crippen LogP contribution in [0.15, 0.2) is 179 Å². The fourth-order valence-electron chi connectivity index (χ4n) is 10.5. The van der Waals surface area contributed by atoms with Gasteiger partial charge in [-0.2, -0.15) is 0 Å². The van der Waals surface area contributed by atoms with Crippen molar-refractivity contribution in [2.24, 2.45) is 0 Å². The van der Waals surface area contributed by atoms with Gasteiger partial charge in [-0.15, -0.1) is 0 Å². The highest BCUT2D eigenvalue weighted by molar-refractivity contribution is 6.30. The lowest BCUT2D eigenvalue weighted by atomic mass is 9.84. The van der Waals surface area contributed by atoms with Crippen LogP contribution in [0.5, 0.6) is 0 Å². The summed E-state index contributed by atoms with van der Waals surface area (Å²) in [7, 11) is 0. The Labute approximate surface area is 372 Å². The lowest BCUT2D eigenvalue weighted by Crippen LogP contribution is -2.13. The van der Waals surface area contributed by atoms with Crippen molar-refractivity contribution in [3.8, 4) is 0 Å². The van der Waals surface area contributed by atoms with E-state index >= 15 is 0 Å². The van der Waals surface area contributed by atoms with E-state index in [-0.39, 0.29) is 11.8 Å². The lowest BCUT2D eigenvalue weighted by molar-refractivity contribution is 0.665. The van der Waals surface area contributed by atoms with Gasteiger partial charge in [0.1, 0.15) is 11.2 Å². The summed E-state index contributed by atoms with van der Waals surface area (Å²) in [6.07, 6.45) is 0. The number of hydrogen-bond donors (Lipinski definition) is 0. The second-order valence-electron chi connectivity index (χ2n) is 18.1. The van der Waals surface area contributed by atoms with Gasteiger partial charge >= 0.3 is 0 Å². The number of rotatable bonds is 8. The van der Waals surface area contributed by atoms with Gasteiger partial charge in [0, 0.05) is 43.7 Å². The van der Waals surface area contributed by atoms with Crippen LogP contribution in [0.4, 0.5) is 34.1 Å². The first-order valence-corrected chi connectivity index (χ1v) is 22.6. The third-order valence-corrected chi connectivity index (χ3v) is 13.6. The largest absolute Gasteiger partial charge is 0.454 e. The van der Waals surface area contributed by atoms with Gasteiger partial charge in [0.05, 0.1) is 22.7 Å². The molecule has 310 valence electrons. The molecule has 12 rings (SSSR count). The molecule has 0 aliphatic carbocycles. The molecular weight excluding hydrogens is 781 g/mol. The van der Waals surface area contributed by atoms with Crippen LogP contribution in [0.2, 0.25) is 0 Å². The van der Waals surface area contributed by atoms with Crippen LogP contribution in [0, 0.1) is 13.8 Å². The summed E-state index contributed by atoms with van der Waals surface area (Å²) < 4.78 is 13.8. The van der Waals surface area contributed by atoms with Crippen LogP contribution in [0.25, 0.3) is 76.2 Å². The number of aryl methyl sites for hydroxylation is 2. The summed E-state index contributed by atoms with van der Waals surface area (Å²) in [5.41, 5.74) is 14.9. The maximum absolute atomic E-state index is 6.91. The minimum atomic E-state index is 0.254. The molecule has 64 heavy (non-hydrogen) atoms. The highest BCUT2D eigenvalue weighted by Gasteiger charge is 2.28. The number of nitrogens with zero attached hydrogens (tertiary/aromatic N) is 2. The molecule has 10 aromatic carbocycles. The number of fused-ring (bicyclic) bond motifs is 6. The zero-order valence-corrected chi connectivity index (χ0v) is 37.0. The second-order valence-corrected chi connectivity index (χ2v) is 18.1. The van der Waals surface area contributed by atoms with Gasteiger partial charge in [0.25, 0.3) is 0 Å². The van der Waals surface area contributed by atoms with Gasteiger partial charge in [-0.05, 0) is 118 Å². The van der Waals surface area contributed by atoms with Crippen LogP contribution in [-0.4, -0.2) is 0 Å². The summed E-state index contributed by atoms with van der Waals surface area (Å²) in [6, 6.07) is 62.0. The van der Waals surface area contributed by atoms with Gasteiger partial charge in [0.15, 0.2) is 11.2 Å². The van der Waals surface area contributed by atoms with Gasteiger partial charge in [0.2, 0.25) is 0 Å². The van der Waals surface area contributed by atoms with Gasteiger partial charge in [-0.25, -0.2) is 0 Å². The highest BCUT2D eigenvalue weighted by Crippen LogP contribution is 2.53. The Morgan fingerprint density at radius 1 is 0.328 bits per heavy atom. The molecule has 12 aromatic rings. The molecule has 0 radical (unpaired) electrons. The van der Waals surface area contributed by atoms with Crippen molar-refractivity contribution in [1.29, 1.82) is 0 Å². The monoisotopic (exact) mass is 828 g/mol. The molecule has 2 heterocycles. The molecular formula is C60H48N2O2. The van der Waals surface area contributed by atoms with Crippen molar-refractivity contribution in [3.05, 3.63) is 192 Å². The molecule has 0 amide bonds. The first-order valence-electron chi connectivity index (χ1n) is 22.6. The summed E-state index contributed by atoms with van der Waals surface area (Å²) in [6.45, 7) is 13.6. The van der Waals surface area contributed by atoms with Crippen LogP contribution < -0.4 is 9.80 Å². The summed E-state index contributed by atoms with van der Waals surface area (Å²) in [5.74, 6) is 0.508. The standard InChI is InChI=1S/C60H48N2O2/c1-35(2)49-33-53(61(39-19-9-7-10-20-39)51-27-15-25-45-43-23-13-17-37(5)57(43)63-59(45)51)47-32-30-42-50(36(3)4)34-54(48-31-29-41(49)55(47)56(42)48)62(40-21-11-8-12-22-40)52-28-16-26-46-44-24-14-18-38(6)58(44)64-60(46)52/h7-36H,1-6H3. The summed E-state index contributed by atoms with van der Waals surface area (Å²) in [4.78, 5) is 4.87. The van der Waals surface area contributed by atoms with E-state index in [4.69, 9.17) is 8.83 Å². The van der Waals surface area contributed by atoms with E-state index in [2.05, 4.69) is 221 Å². The maximum Gasteiger partial charge on any atom is 0.159 e. The van der Waals surface area contributed by atoms with E-state index in [0.717, 1.165) is 89.1 Å². The van der Waals surface area contributed by atoms with Crippen LogP contribution >= 0.6 is 0 Å². The quantitative estimate of drug-likeness (QED) is 0.143. The van der Waals surface area contributed by atoms with E-state index in [1.807, 2.05) is 0 Å². The molecule has 0 fully saturated rings. The van der Waals surface area contributed by atoms with Crippen molar-refractivity contribution in [2.45, 2.75) is 53.4 Å². The molecule has 0 aliphatic rings. The minimum absolute atomic E-state index is 0.254. The molecule has 4 heteroatoms. The van der Waals surface area contributed by atoms with Crippen LogP contribution in [0.1, 0.15) is 61.8 Å². The topological polar surface area (TPSA) is 32.8 Å². The fourth-order valence-corrected chi connectivity index (χ4v) is 10.5. The van der Waals surface area contributed by atoms with Gasteiger partial charge in [-0.3, -0.25) is 0 Å². The Kier molecular flexibility index (Phi) is 8.64. The van der Waals surface area contributed by atoms with Crippen LogP contribution in [-0.2, 0) is 0 Å². The van der Waals surface area contributed by atoms with E-state index in [1.165, 1.54) is 43.4 Å². The predicted molar refractivity (Wildman–Crippen MR) is 272 cm³/mol. The zero-order valence-electron chi connectivity index (χ0n) is 37.0. The molecule has 2 aromatic heterocycles. The van der Waals surface area contributed by atoms with E-state index < -0.39 is 0 Å². The third-order valence-electron chi connectivity index (χ3n) is 13.6. The van der Waals surface area contributed by atoms with E-state index in [9.17, 15) is 0 Å². The number of benzene rings is 10. The average molecular weight is 829 g/mol. The molecule has 0 atom stereocenters. The highest BCUT2D eigenvalue weighted by atomic mass is 16.3. The molecule has 0 saturated heterocycles. The fraction of sp³-hybridized carbons (Fsp3) is 0.133. The lowest BCUT2D eigenvalue weighted by Gasteiger charge is -2.31. The molecule has 0 spiro atoms. The molecule has 0 bridgehead atoms. The van der Waals surface area contributed by atoms with Gasteiger partial charge in [-0.1, -0.05) is 149 Å². The van der Waals surface area contributed by atoms with Gasteiger partial charge < -0.3 is 18.6 Å².